The van der Waals surface area contributed by atoms with Crippen LogP contribution in [0.1, 0.15) is 51.0 Å². The molecule has 1 atom stereocenters. The zero-order chi connectivity index (χ0) is 17.5. The minimum absolute atomic E-state index is 0.172. The predicted octanol–water partition coefficient (Wildman–Crippen LogP) is 3.70. The topological polar surface area (TPSA) is 32.8 Å². The highest BCUT2D eigenvalue weighted by Crippen LogP contribution is 2.25. The van der Waals surface area contributed by atoms with E-state index in [1.165, 1.54) is 31.2 Å². The van der Waals surface area contributed by atoms with Crippen molar-refractivity contribution in [3.05, 3.63) is 29.8 Å². The van der Waals surface area contributed by atoms with Gasteiger partial charge in [0.1, 0.15) is 5.75 Å². The molecule has 1 aromatic rings. The number of hydrogen-bond donors (Lipinski definition) is 0. The van der Waals surface area contributed by atoms with Gasteiger partial charge in [-0.1, -0.05) is 31.0 Å². The number of nitrogens with zero attached hydrogens (tertiary/aromatic N) is 2. The van der Waals surface area contributed by atoms with Crippen molar-refractivity contribution < 1.29 is 9.53 Å². The average molecular weight is 344 g/mol. The van der Waals surface area contributed by atoms with Gasteiger partial charge in [0.2, 0.25) is 5.91 Å². The monoisotopic (exact) mass is 344 g/mol. The zero-order valence-corrected chi connectivity index (χ0v) is 15.6. The van der Waals surface area contributed by atoms with E-state index in [2.05, 4.69) is 21.9 Å². The van der Waals surface area contributed by atoms with Gasteiger partial charge in [-0.2, -0.15) is 0 Å². The van der Waals surface area contributed by atoms with Crippen molar-refractivity contribution in [2.24, 2.45) is 5.92 Å². The molecule has 2 heterocycles. The number of benzene rings is 1. The average Bonchev–Trinajstić information content (AvgIpc) is 2.93. The number of para-hydroxylation sites is 1. The van der Waals surface area contributed by atoms with Crippen molar-refractivity contribution in [1.82, 2.24) is 9.80 Å². The molecule has 4 heteroatoms. The Morgan fingerprint density at radius 3 is 2.60 bits per heavy atom. The van der Waals surface area contributed by atoms with E-state index < -0.39 is 0 Å². The molecule has 0 radical (unpaired) electrons. The first kappa shape index (κ1) is 18.2. The smallest absolute Gasteiger partial charge is 0.226 e. The number of rotatable bonds is 5. The van der Waals surface area contributed by atoms with Crippen LogP contribution in [0.5, 0.6) is 5.75 Å². The zero-order valence-electron chi connectivity index (χ0n) is 15.6. The maximum absolute atomic E-state index is 12.9. The van der Waals surface area contributed by atoms with Crippen molar-refractivity contribution in [1.29, 1.82) is 0 Å². The maximum Gasteiger partial charge on any atom is 0.226 e. The fourth-order valence-corrected chi connectivity index (χ4v) is 4.12. The Morgan fingerprint density at radius 1 is 1.08 bits per heavy atom. The van der Waals surface area contributed by atoms with Crippen LogP contribution >= 0.6 is 0 Å². The third-order valence-electron chi connectivity index (χ3n) is 5.44. The molecular formula is C21H32N2O2. The molecule has 2 fully saturated rings. The van der Waals surface area contributed by atoms with Crippen LogP contribution in [0.15, 0.2) is 24.3 Å². The summed E-state index contributed by atoms with van der Waals surface area (Å²) in [5.74, 6) is 1.54. The molecule has 25 heavy (non-hydrogen) atoms. The number of carbonyl (C=O) groups is 1. The van der Waals surface area contributed by atoms with Gasteiger partial charge in [-0.25, -0.2) is 0 Å². The predicted molar refractivity (Wildman–Crippen MR) is 101 cm³/mol. The van der Waals surface area contributed by atoms with Crippen molar-refractivity contribution in [2.75, 3.05) is 32.8 Å². The molecule has 3 rings (SSSR count). The maximum atomic E-state index is 12.9. The second-order valence-corrected chi connectivity index (χ2v) is 7.35. The van der Waals surface area contributed by atoms with Gasteiger partial charge >= 0.3 is 0 Å². The van der Waals surface area contributed by atoms with E-state index in [4.69, 9.17) is 4.74 Å². The Labute approximate surface area is 152 Å². The summed E-state index contributed by atoms with van der Waals surface area (Å²) in [6.45, 7) is 7.46. The normalized spacial score (nSPS) is 22.4. The molecule has 4 nitrogen and oxygen atoms in total. The minimum atomic E-state index is 0.172. The Balaban J connectivity index is 1.60. The lowest BCUT2D eigenvalue weighted by Gasteiger charge is -2.35. The number of carbonyl (C=O) groups excluding carboxylic acids is 1. The fraction of sp³-hybridized carbons (Fsp3) is 0.667. The van der Waals surface area contributed by atoms with Crippen molar-refractivity contribution >= 4 is 5.91 Å². The molecule has 1 aromatic carbocycles. The molecule has 138 valence electrons. The van der Waals surface area contributed by atoms with Crippen LogP contribution in [0, 0.1) is 5.92 Å². The first-order valence-corrected chi connectivity index (χ1v) is 9.99. The van der Waals surface area contributed by atoms with Crippen LogP contribution < -0.4 is 4.74 Å². The summed E-state index contributed by atoms with van der Waals surface area (Å²) in [5.41, 5.74) is 1.23. The molecule has 0 bridgehead atoms. The van der Waals surface area contributed by atoms with E-state index in [1.807, 2.05) is 19.1 Å². The third kappa shape index (κ3) is 4.97. The number of hydrogen-bond acceptors (Lipinski definition) is 3. The minimum Gasteiger partial charge on any atom is -0.494 e. The van der Waals surface area contributed by atoms with E-state index in [9.17, 15) is 4.79 Å². The lowest BCUT2D eigenvalue weighted by Crippen LogP contribution is -2.44. The van der Waals surface area contributed by atoms with Crippen LogP contribution in [0.25, 0.3) is 0 Å². The molecule has 1 amide bonds. The SMILES string of the molecule is CCOc1ccccc1CN1CCC[C@H](C(=O)N2CCCCCC2)C1. The Kier molecular flexibility index (Phi) is 6.74. The van der Waals surface area contributed by atoms with Gasteiger partial charge in [-0.3, -0.25) is 9.69 Å². The van der Waals surface area contributed by atoms with Gasteiger partial charge in [0.15, 0.2) is 0 Å². The van der Waals surface area contributed by atoms with Crippen LogP contribution in [0.4, 0.5) is 0 Å². The Hall–Kier alpha value is -1.55. The summed E-state index contributed by atoms with van der Waals surface area (Å²) >= 11 is 0. The van der Waals surface area contributed by atoms with Gasteiger partial charge in [-0.15, -0.1) is 0 Å². The van der Waals surface area contributed by atoms with Crippen molar-refractivity contribution in [3.8, 4) is 5.75 Å². The Bertz CT molecular complexity index is 553. The van der Waals surface area contributed by atoms with Crippen molar-refractivity contribution in [3.63, 3.8) is 0 Å². The number of piperidine rings is 1. The number of likely N-dealkylation sites (tertiary alicyclic amines) is 2. The van der Waals surface area contributed by atoms with E-state index in [1.54, 1.807) is 0 Å². The third-order valence-corrected chi connectivity index (χ3v) is 5.44. The molecule has 0 spiro atoms. The highest BCUT2D eigenvalue weighted by atomic mass is 16.5. The first-order chi connectivity index (χ1) is 12.3. The van der Waals surface area contributed by atoms with E-state index in [0.717, 1.165) is 51.3 Å². The van der Waals surface area contributed by atoms with Crippen LogP contribution in [-0.2, 0) is 11.3 Å². The molecule has 0 N–H and O–H groups in total. The van der Waals surface area contributed by atoms with Gasteiger partial charge in [-0.05, 0) is 45.2 Å². The van der Waals surface area contributed by atoms with Crippen molar-refractivity contribution in [2.45, 2.75) is 52.0 Å². The highest BCUT2D eigenvalue weighted by molar-refractivity contribution is 5.79. The van der Waals surface area contributed by atoms with E-state index in [0.29, 0.717) is 12.5 Å². The molecule has 0 aromatic heterocycles. The summed E-state index contributed by atoms with van der Waals surface area (Å²) in [4.78, 5) is 17.5. The van der Waals surface area contributed by atoms with E-state index in [-0.39, 0.29) is 5.92 Å². The standard InChI is InChI=1S/C21H32N2O2/c1-2-25-20-12-6-5-10-18(20)16-22-13-9-11-19(17-22)21(24)23-14-7-3-4-8-15-23/h5-6,10,12,19H,2-4,7-9,11,13-17H2,1H3/t19-/m0/s1. The summed E-state index contributed by atoms with van der Waals surface area (Å²) in [6, 6.07) is 8.28. The van der Waals surface area contributed by atoms with E-state index >= 15 is 0 Å². The Morgan fingerprint density at radius 2 is 1.84 bits per heavy atom. The lowest BCUT2D eigenvalue weighted by molar-refractivity contribution is -0.137. The van der Waals surface area contributed by atoms with Gasteiger partial charge in [0.25, 0.3) is 0 Å². The fourth-order valence-electron chi connectivity index (χ4n) is 4.12. The quantitative estimate of drug-likeness (QED) is 0.816. The lowest BCUT2D eigenvalue weighted by atomic mass is 9.95. The molecule has 0 saturated carbocycles. The highest BCUT2D eigenvalue weighted by Gasteiger charge is 2.29. The van der Waals surface area contributed by atoms with Gasteiger partial charge < -0.3 is 9.64 Å². The van der Waals surface area contributed by atoms with Crippen LogP contribution in [-0.4, -0.2) is 48.5 Å². The van der Waals surface area contributed by atoms with Crippen LogP contribution in [0.3, 0.4) is 0 Å². The van der Waals surface area contributed by atoms with Gasteiger partial charge in [0, 0.05) is 31.7 Å². The van der Waals surface area contributed by atoms with Crippen LogP contribution in [0.2, 0.25) is 0 Å². The summed E-state index contributed by atoms with van der Waals surface area (Å²) in [7, 11) is 0. The first-order valence-electron chi connectivity index (χ1n) is 9.99. The number of ether oxygens (including phenoxy) is 1. The molecule has 0 unspecified atom stereocenters. The molecule has 2 aliphatic heterocycles. The molecule has 0 aliphatic carbocycles. The number of amides is 1. The second kappa shape index (κ2) is 9.23. The second-order valence-electron chi connectivity index (χ2n) is 7.35. The largest absolute Gasteiger partial charge is 0.494 e. The summed E-state index contributed by atoms with van der Waals surface area (Å²) in [6.07, 6.45) is 7.04. The molecule has 2 aliphatic rings. The summed E-state index contributed by atoms with van der Waals surface area (Å²) < 4.78 is 5.76. The molecular weight excluding hydrogens is 312 g/mol. The van der Waals surface area contributed by atoms with Gasteiger partial charge in [0.05, 0.1) is 12.5 Å². The molecule has 2 saturated heterocycles. The summed E-state index contributed by atoms with van der Waals surface area (Å²) in [5, 5.41) is 0.